The topological polar surface area (TPSA) is 79.8 Å². The van der Waals surface area contributed by atoms with Crippen molar-refractivity contribution in [1.82, 2.24) is 15.3 Å². The van der Waals surface area contributed by atoms with Crippen LogP contribution in [0.3, 0.4) is 0 Å². The molecule has 1 amide bonds. The first-order valence-electron chi connectivity index (χ1n) is 10.9. The number of rotatable bonds is 9. The molecule has 0 bridgehead atoms. The number of hydrogen-bond acceptors (Lipinski definition) is 8. The lowest BCUT2D eigenvalue weighted by Gasteiger charge is -2.22. The summed E-state index contributed by atoms with van der Waals surface area (Å²) in [6, 6.07) is 12.4. The number of nitrogens with one attached hydrogen (secondary N) is 1. The summed E-state index contributed by atoms with van der Waals surface area (Å²) < 4.78 is 11.4. The number of likely N-dealkylation sites (N-methyl/N-ethyl adjacent to an activating group) is 1. The zero-order valence-corrected chi connectivity index (χ0v) is 20.0. The normalized spacial score (nSPS) is 14.7. The van der Waals surface area contributed by atoms with Crippen molar-refractivity contribution < 1.29 is 14.3 Å². The van der Waals surface area contributed by atoms with Crippen LogP contribution in [0.4, 0.5) is 11.5 Å². The number of carbonyl (C=O) groups is 1. The van der Waals surface area contributed by atoms with E-state index in [-0.39, 0.29) is 18.0 Å². The Morgan fingerprint density at radius 1 is 1.24 bits per heavy atom. The first-order chi connectivity index (χ1) is 16.1. The number of nitrogens with zero attached hydrogens (tertiary/aromatic N) is 4. The molecule has 0 saturated carbocycles. The van der Waals surface area contributed by atoms with Crippen molar-refractivity contribution in [3.8, 4) is 6.01 Å². The largest absolute Gasteiger partial charge is 0.467 e. The van der Waals surface area contributed by atoms with Gasteiger partial charge in [0.1, 0.15) is 11.4 Å². The van der Waals surface area contributed by atoms with Crippen LogP contribution in [0.25, 0.3) is 0 Å². The average molecular weight is 468 g/mol. The van der Waals surface area contributed by atoms with Gasteiger partial charge < -0.3 is 24.6 Å². The minimum absolute atomic E-state index is 0.0357. The van der Waals surface area contributed by atoms with Gasteiger partial charge in [0.15, 0.2) is 0 Å². The maximum absolute atomic E-state index is 13.4. The molecule has 33 heavy (non-hydrogen) atoms. The molecular weight excluding hydrogens is 438 g/mol. The zero-order valence-electron chi connectivity index (χ0n) is 19.2. The van der Waals surface area contributed by atoms with Gasteiger partial charge in [-0.05, 0) is 49.2 Å². The molecule has 3 heterocycles. The van der Waals surface area contributed by atoms with Crippen LogP contribution < -0.4 is 19.9 Å². The van der Waals surface area contributed by atoms with Crippen molar-refractivity contribution >= 4 is 28.7 Å². The maximum atomic E-state index is 13.4. The fraction of sp³-hybridized carbons (Fsp3) is 0.375. The third-order valence-electron chi connectivity index (χ3n) is 5.62. The van der Waals surface area contributed by atoms with E-state index in [4.69, 9.17) is 9.47 Å². The number of amides is 1. The fourth-order valence-electron chi connectivity index (χ4n) is 3.82. The molecule has 0 fully saturated rings. The number of ether oxygens (including phenoxy) is 2. The van der Waals surface area contributed by atoms with Crippen LogP contribution in [-0.4, -0.2) is 56.7 Å². The number of anilines is 2. The smallest absolute Gasteiger partial charge is 0.318 e. The molecular formula is C24H29N5O3S. The van der Waals surface area contributed by atoms with Gasteiger partial charge in [0.05, 0.1) is 19.8 Å². The van der Waals surface area contributed by atoms with Gasteiger partial charge in [0.25, 0.3) is 5.91 Å². The fourth-order valence-corrected chi connectivity index (χ4v) is 4.62. The summed E-state index contributed by atoms with van der Waals surface area (Å²) in [6.07, 6.45) is 2.47. The van der Waals surface area contributed by atoms with E-state index >= 15 is 0 Å². The van der Waals surface area contributed by atoms with Gasteiger partial charge in [-0.15, -0.1) is 11.3 Å². The number of carbonyl (C=O) groups excluding carboxylic acids is 1. The van der Waals surface area contributed by atoms with Gasteiger partial charge in [-0.25, -0.2) is 4.98 Å². The van der Waals surface area contributed by atoms with Crippen LogP contribution in [0.1, 0.15) is 33.3 Å². The van der Waals surface area contributed by atoms with Gasteiger partial charge >= 0.3 is 6.01 Å². The second kappa shape index (κ2) is 10.7. The number of aromatic nitrogens is 2. The molecule has 0 aliphatic carbocycles. The summed E-state index contributed by atoms with van der Waals surface area (Å²) in [5.74, 6) is 0.456. The molecule has 2 aromatic heterocycles. The first-order valence-corrected chi connectivity index (χ1v) is 11.8. The van der Waals surface area contributed by atoms with E-state index in [9.17, 15) is 4.79 Å². The van der Waals surface area contributed by atoms with E-state index in [1.165, 1.54) is 12.0 Å². The molecule has 1 N–H and O–H groups in total. The highest BCUT2D eigenvalue weighted by atomic mass is 32.1. The highest BCUT2D eigenvalue weighted by molar-refractivity contribution is 7.10. The van der Waals surface area contributed by atoms with Crippen molar-refractivity contribution in [3.05, 3.63) is 64.0 Å². The van der Waals surface area contributed by atoms with Gasteiger partial charge in [-0.3, -0.25) is 4.79 Å². The summed E-state index contributed by atoms with van der Waals surface area (Å²) in [5.41, 5.74) is 2.32. The Hall–Kier alpha value is -3.01. The number of benzene rings is 1. The number of hydrogen-bond donors (Lipinski definition) is 1. The van der Waals surface area contributed by atoms with E-state index < -0.39 is 0 Å². The SMILES string of the molecule is CNCCC(OCc1cccc(N2CCN(C)c3nc(OC)ncc3C2=O)c1)c1cccs1. The summed E-state index contributed by atoms with van der Waals surface area (Å²) in [6.45, 7) is 2.53. The number of thiophene rings is 1. The Labute approximate surface area is 198 Å². The third kappa shape index (κ3) is 5.32. The van der Waals surface area contributed by atoms with Crippen molar-refractivity contribution in [3.63, 3.8) is 0 Å². The molecule has 1 aliphatic heterocycles. The Morgan fingerprint density at radius 2 is 2.12 bits per heavy atom. The molecule has 0 radical (unpaired) electrons. The molecule has 0 spiro atoms. The lowest BCUT2D eigenvalue weighted by atomic mass is 10.1. The molecule has 3 aromatic rings. The predicted octanol–water partition coefficient (Wildman–Crippen LogP) is 3.51. The summed E-state index contributed by atoms with van der Waals surface area (Å²) in [4.78, 5) is 26.9. The van der Waals surface area contributed by atoms with Crippen LogP contribution in [0, 0.1) is 0 Å². The van der Waals surface area contributed by atoms with Gasteiger partial charge in [-0.1, -0.05) is 18.2 Å². The van der Waals surface area contributed by atoms with E-state index in [1.807, 2.05) is 43.3 Å². The van der Waals surface area contributed by atoms with E-state index in [0.29, 0.717) is 31.1 Å². The van der Waals surface area contributed by atoms with Crippen LogP contribution in [0.2, 0.25) is 0 Å². The van der Waals surface area contributed by atoms with Gasteiger partial charge in [-0.2, -0.15) is 4.98 Å². The molecule has 1 unspecified atom stereocenters. The summed E-state index contributed by atoms with van der Waals surface area (Å²) in [5, 5.41) is 5.27. The highest BCUT2D eigenvalue weighted by Gasteiger charge is 2.28. The second-order valence-corrected chi connectivity index (χ2v) is 8.83. The molecule has 1 aliphatic rings. The molecule has 9 heteroatoms. The highest BCUT2D eigenvalue weighted by Crippen LogP contribution is 2.29. The maximum Gasteiger partial charge on any atom is 0.318 e. The van der Waals surface area contributed by atoms with Gasteiger partial charge in [0.2, 0.25) is 0 Å². The molecule has 0 saturated heterocycles. The monoisotopic (exact) mass is 467 g/mol. The van der Waals surface area contributed by atoms with E-state index in [1.54, 1.807) is 22.4 Å². The minimum atomic E-state index is -0.124. The Balaban J connectivity index is 1.52. The van der Waals surface area contributed by atoms with Crippen molar-refractivity contribution in [2.45, 2.75) is 19.1 Å². The Bertz CT molecular complexity index is 1080. The predicted molar refractivity (Wildman–Crippen MR) is 130 cm³/mol. The lowest BCUT2D eigenvalue weighted by Crippen LogP contribution is -2.33. The molecule has 8 nitrogen and oxygen atoms in total. The minimum Gasteiger partial charge on any atom is -0.467 e. The molecule has 1 aromatic carbocycles. The third-order valence-corrected chi connectivity index (χ3v) is 6.58. The summed E-state index contributed by atoms with van der Waals surface area (Å²) in [7, 11) is 5.38. The van der Waals surface area contributed by atoms with Crippen LogP contribution >= 0.6 is 11.3 Å². The van der Waals surface area contributed by atoms with Crippen LogP contribution in [-0.2, 0) is 11.3 Å². The Morgan fingerprint density at radius 3 is 2.88 bits per heavy atom. The van der Waals surface area contributed by atoms with Crippen LogP contribution in [0.5, 0.6) is 6.01 Å². The van der Waals surface area contributed by atoms with Crippen molar-refractivity contribution in [2.75, 3.05) is 50.6 Å². The lowest BCUT2D eigenvalue weighted by molar-refractivity contribution is 0.0367. The van der Waals surface area contributed by atoms with Crippen LogP contribution in [0.15, 0.2) is 48.0 Å². The van der Waals surface area contributed by atoms with Gasteiger partial charge in [0, 0.05) is 36.9 Å². The van der Waals surface area contributed by atoms with Crippen molar-refractivity contribution in [1.29, 1.82) is 0 Å². The summed E-state index contributed by atoms with van der Waals surface area (Å²) >= 11 is 1.71. The van der Waals surface area contributed by atoms with E-state index in [2.05, 4.69) is 32.8 Å². The molecule has 4 rings (SSSR count). The number of fused-ring (bicyclic) bond motifs is 1. The number of methoxy groups -OCH3 is 1. The molecule has 1 atom stereocenters. The Kier molecular flexibility index (Phi) is 7.54. The quantitative estimate of drug-likeness (QED) is 0.516. The van der Waals surface area contributed by atoms with Crippen molar-refractivity contribution in [2.24, 2.45) is 0 Å². The standard InChI is InChI=1S/C24H29N5O3S/c1-25-10-9-20(21-8-5-13-33-21)32-16-17-6-4-7-18(14-17)29-12-11-28(2)22-19(23(29)30)15-26-24(27-22)31-3/h4-8,13-15,20,25H,9-12,16H2,1-3H3. The average Bonchev–Trinajstić information content (AvgIpc) is 3.35. The van der Waals surface area contributed by atoms with E-state index in [0.717, 1.165) is 24.2 Å². The second-order valence-electron chi connectivity index (χ2n) is 7.85. The first kappa shape index (κ1) is 23.2. The molecule has 174 valence electrons. The zero-order chi connectivity index (χ0) is 23.2.